The zero-order valence-corrected chi connectivity index (χ0v) is 15.6. The monoisotopic (exact) mass is 369 g/mol. The molecule has 0 unspecified atom stereocenters. The lowest BCUT2D eigenvalue weighted by molar-refractivity contribution is 0.00327. The molecule has 1 N–H and O–H groups in total. The normalized spacial score (nSPS) is 22.7. The number of aromatic nitrogens is 6. The fourth-order valence-corrected chi connectivity index (χ4v) is 3.80. The first-order chi connectivity index (χ1) is 13.2. The highest BCUT2D eigenvalue weighted by atomic mass is 16.5. The molecule has 0 saturated carbocycles. The SMILES string of the molecule is Cc1nn2c3nc(ncc13)Nc1cn([C@H]3CCO[C@@H](C)C3)nc1OCCC2. The fourth-order valence-electron chi connectivity index (χ4n) is 3.80. The van der Waals surface area contributed by atoms with Gasteiger partial charge in [0.05, 0.1) is 36.0 Å². The van der Waals surface area contributed by atoms with Crippen LogP contribution in [0.2, 0.25) is 0 Å². The van der Waals surface area contributed by atoms with Gasteiger partial charge in [0.25, 0.3) is 5.88 Å². The number of nitrogens with one attached hydrogen (secondary N) is 1. The van der Waals surface area contributed by atoms with Crippen LogP contribution in [0.3, 0.4) is 0 Å². The maximum Gasteiger partial charge on any atom is 0.256 e. The molecule has 2 bridgehead atoms. The molecule has 0 amide bonds. The van der Waals surface area contributed by atoms with Crippen molar-refractivity contribution in [2.24, 2.45) is 0 Å². The van der Waals surface area contributed by atoms with E-state index in [0.717, 1.165) is 54.8 Å². The Hall–Kier alpha value is -2.68. The molecule has 3 aromatic rings. The van der Waals surface area contributed by atoms with Gasteiger partial charge in [0.15, 0.2) is 5.65 Å². The van der Waals surface area contributed by atoms with E-state index in [1.807, 2.05) is 28.7 Å². The van der Waals surface area contributed by atoms with E-state index in [-0.39, 0.29) is 6.10 Å². The minimum atomic E-state index is 0.244. The third-order valence-corrected chi connectivity index (χ3v) is 5.20. The van der Waals surface area contributed by atoms with Crippen LogP contribution in [0.25, 0.3) is 11.0 Å². The summed E-state index contributed by atoms with van der Waals surface area (Å²) in [6, 6.07) is 0.312. The fraction of sp³-hybridized carbons (Fsp3) is 0.556. The maximum atomic E-state index is 5.98. The van der Waals surface area contributed by atoms with Crippen molar-refractivity contribution in [3.8, 4) is 5.88 Å². The van der Waals surface area contributed by atoms with Crippen molar-refractivity contribution in [1.82, 2.24) is 29.5 Å². The van der Waals surface area contributed by atoms with Gasteiger partial charge in [0.2, 0.25) is 5.95 Å². The van der Waals surface area contributed by atoms with Gasteiger partial charge in [-0.25, -0.2) is 9.67 Å². The summed E-state index contributed by atoms with van der Waals surface area (Å²) in [6.07, 6.45) is 6.79. The molecule has 2 aliphatic rings. The number of nitrogens with zero attached hydrogens (tertiary/aromatic N) is 6. The molecular formula is C18H23N7O2. The van der Waals surface area contributed by atoms with Crippen molar-refractivity contribution in [2.45, 2.75) is 51.8 Å². The minimum Gasteiger partial charge on any atom is -0.475 e. The summed E-state index contributed by atoms with van der Waals surface area (Å²) in [5, 5.41) is 13.5. The summed E-state index contributed by atoms with van der Waals surface area (Å²) in [4.78, 5) is 9.13. The molecule has 5 heterocycles. The standard InChI is InChI=1S/C18H23N7O2/c1-11-8-13(4-7-26-11)25-10-15-17(23-25)27-6-3-5-24-16-14(12(2)22-24)9-19-18(20-15)21-16/h9-11,13H,3-8H2,1-2H3,(H,19,20,21)/t11-,13-/m0/s1. The molecule has 0 aliphatic carbocycles. The van der Waals surface area contributed by atoms with Crippen LogP contribution >= 0.6 is 0 Å². The first kappa shape index (κ1) is 16.5. The van der Waals surface area contributed by atoms with Crippen molar-refractivity contribution in [1.29, 1.82) is 0 Å². The summed E-state index contributed by atoms with van der Waals surface area (Å²) in [5.41, 5.74) is 2.58. The second-order valence-corrected chi connectivity index (χ2v) is 7.25. The van der Waals surface area contributed by atoms with Gasteiger partial charge in [0.1, 0.15) is 5.69 Å². The van der Waals surface area contributed by atoms with Gasteiger partial charge in [-0.3, -0.25) is 4.68 Å². The average molecular weight is 369 g/mol. The molecule has 27 heavy (non-hydrogen) atoms. The third-order valence-electron chi connectivity index (χ3n) is 5.20. The number of rotatable bonds is 1. The summed E-state index contributed by atoms with van der Waals surface area (Å²) < 4.78 is 15.6. The number of hydrogen-bond donors (Lipinski definition) is 1. The molecule has 2 aliphatic heterocycles. The molecule has 1 fully saturated rings. The second-order valence-electron chi connectivity index (χ2n) is 7.25. The predicted molar refractivity (Wildman–Crippen MR) is 99.4 cm³/mol. The van der Waals surface area contributed by atoms with Crippen LogP contribution in [0.4, 0.5) is 11.6 Å². The van der Waals surface area contributed by atoms with Crippen LogP contribution < -0.4 is 10.1 Å². The van der Waals surface area contributed by atoms with Crippen molar-refractivity contribution >= 4 is 22.7 Å². The molecule has 9 heteroatoms. The third kappa shape index (κ3) is 3.01. The molecule has 1 saturated heterocycles. The summed E-state index contributed by atoms with van der Waals surface area (Å²) in [7, 11) is 0. The number of anilines is 2. The quantitative estimate of drug-likeness (QED) is 0.705. The molecule has 0 radical (unpaired) electrons. The van der Waals surface area contributed by atoms with E-state index < -0.39 is 0 Å². The van der Waals surface area contributed by atoms with E-state index in [4.69, 9.17) is 14.6 Å². The molecule has 3 aromatic heterocycles. The van der Waals surface area contributed by atoms with Crippen molar-refractivity contribution in [3.63, 3.8) is 0 Å². The van der Waals surface area contributed by atoms with Gasteiger partial charge in [-0.15, -0.1) is 5.10 Å². The Morgan fingerprint density at radius 1 is 1.26 bits per heavy atom. The number of aryl methyl sites for hydroxylation is 2. The van der Waals surface area contributed by atoms with Gasteiger partial charge < -0.3 is 14.8 Å². The summed E-state index contributed by atoms with van der Waals surface area (Å²) in [5.74, 6) is 1.11. The number of fused-ring (bicyclic) bond motifs is 2. The molecule has 5 rings (SSSR count). The predicted octanol–water partition coefficient (Wildman–Crippen LogP) is 2.60. The Morgan fingerprint density at radius 2 is 2.19 bits per heavy atom. The Bertz CT molecular complexity index is 980. The molecule has 142 valence electrons. The Labute approximate surface area is 156 Å². The Balaban J connectivity index is 1.51. The van der Waals surface area contributed by atoms with Crippen LogP contribution in [0.15, 0.2) is 12.4 Å². The number of ether oxygens (including phenoxy) is 2. The largest absolute Gasteiger partial charge is 0.475 e. The van der Waals surface area contributed by atoms with Crippen molar-refractivity contribution in [3.05, 3.63) is 18.1 Å². The first-order valence-electron chi connectivity index (χ1n) is 9.48. The number of hydrogen-bond acceptors (Lipinski definition) is 7. The topological polar surface area (TPSA) is 91.9 Å². The van der Waals surface area contributed by atoms with Crippen LogP contribution in [0, 0.1) is 6.92 Å². The highest BCUT2D eigenvalue weighted by Crippen LogP contribution is 2.32. The first-order valence-corrected chi connectivity index (χ1v) is 9.48. The van der Waals surface area contributed by atoms with Crippen LogP contribution in [-0.2, 0) is 11.3 Å². The Kier molecular flexibility index (Phi) is 3.96. The molecule has 2 atom stereocenters. The van der Waals surface area contributed by atoms with E-state index in [9.17, 15) is 0 Å². The average Bonchev–Trinajstić information content (AvgIpc) is 3.19. The summed E-state index contributed by atoms with van der Waals surface area (Å²) in [6.45, 7) is 6.16. The zero-order chi connectivity index (χ0) is 18.4. The highest BCUT2D eigenvalue weighted by molar-refractivity contribution is 5.78. The van der Waals surface area contributed by atoms with E-state index >= 15 is 0 Å². The molecular weight excluding hydrogens is 346 g/mol. The molecule has 0 aromatic carbocycles. The second kappa shape index (κ2) is 6.49. The van der Waals surface area contributed by atoms with Gasteiger partial charge in [0, 0.05) is 25.8 Å². The molecule has 0 spiro atoms. The minimum absolute atomic E-state index is 0.244. The zero-order valence-electron chi connectivity index (χ0n) is 15.6. The van der Waals surface area contributed by atoms with Crippen LogP contribution in [-0.4, -0.2) is 48.8 Å². The summed E-state index contributed by atoms with van der Waals surface area (Å²) >= 11 is 0. The molecule has 9 nitrogen and oxygen atoms in total. The van der Waals surface area contributed by atoms with Gasteiger partial charge in [-0.05, 0) is 26.7 Å². The van der Waals surface area contributed by atoms with Crippen LogP contribution in [0.5, 0.6) is 5.88 Å². The smallest absolute Gasteiger partial charge is 0.256 e. The lowest BCUT2D eigenvalue weighted by Gasteiger charge is -2.27. The maximum absolute atomic E-state index is 5.98. The lowest BCUT2D eigenvalue weighted by Crippen LogP contribution is -2.25. The van der Waals surface area contributed by atoms with E-state index in [1.165, 1.54) is 0 Å². The van der Waals surface area contributed by atoms with Gasteiger partial charge in [-0.1, -0.05) is 0 Å². The van der Waals surface area contributed by atoms with E-state index in [1.54, 1.807) is 0 Å². The van der Waals surface area contributed by atoms with E-state index in [2.05, 4.69) is 27.3 Å². The highest BCUT2D eigenvalue weighted by Gasteiger charge is 2.24. The van der Waals surface area contributed by atoms with E-state index in [0.29, 0.717) is 24.5 Å². The van der Waals surface area contributed by atoms with Crippen molar-refractivity contribution < 1.29 is 9.47 Å². The lowest BCUT2D eigenvalue weighted by atomic mass is 10.1. The van der Waals surface area contributed by atoms with Gasteiger partial charge >= 0.3 is 0 Å². The van der Waals surface area contributed by atoms with Gasteiger partial charge in [-0.2, -0.15) is 10.1 Å². The van der Waals surface area contributed by atoms with Crippen LogP contribution in [0.1, 0.15) is 37.9 Å². The Morgan fingerprint density at radius 3 is 3.07 bits per heavy atom. The van der Waals surface area contributed by atoms with Crippen molar-refractivity contribution in [2.75, 3.05) is 18.5 Å².